The van der Waals surface area contributed by atoms with Gasteiger partial charge < -0.3 is 46.9 Å². The molecule has 1 saturated carbocycles. The number of hydrogen-bond acceptors (Lipinski definition) is 13. The molecule has 1 aromatic heterocycles. The fourth-order valence-corrected chi connectivity index (χ4v) is 19.0. The highest BCUT2D eigenvalue weighted by molar-refractivity contribution is 7.86. The number of unbranched alkanes of at least 4 members (excludes halogenated alkanes) is 11. The van der Waals surface area contributed by atoms with Crippen molar-refractivity contribution in [2.75, 3.05) is 59.8 Å². The molecule has 19 nitrogen and oxygen atoms in total. The van der Waals surface area contributed by atoms with Crippen LogP contribution >= 0.6 is 0 Å². The van der Waals surface area contributed by atoms with Gasteiger partial charge >= 0.3 is 0 Å². The van der Waals surface area contributed by atoms with Crippen LogP contribution in [0.25, 0.3) is 0 Å². The molecule has 4 amide bonds. The summed E-state index contributed by atoms with van der Waals surface area (Å²) in [5, 5.41) is 19.8. The van der Waals surface area contributed by atoms with Crippen LogP contribution < -0.4 is 32.7 Å². The molecule has 1 unspecified atom stereocenters. The number of methoxy groups -OCH3 is 1. The Bertz CT molecular complexity index is 3350. The van der Waals surface area contributed by atoms with Gasteiger partial charge in [-0.05, 0) is 246 Å². The number of carbonyl (C=O) groups excluding carboxylic acids is 4. The van der Waals surface area contributed by atoms with Crippen LogP contribution in [0, 0.1) is 104 Å². The summed E-state index contributed by atoms with van der Waals surface area (Å²) >= 11 is 0. The van der Waals surface area contributed by atoms with Crippen LogP contribution in [0.15, 0.2) is 6.20 Å². The average Bonchev–Trinajstić information content (AvgIpc) is 1.03. The Morgan fingerprint density at radius 1 is 0.382 bits per heavy atom. The van der Waals surface area contributed by atoms with Gasteiger partial charge in [0.2, 0.25) is 23.6 Å². The van der Waals surface area contributed by atoms with Gasteiger partial charge in [0.25, 0.3) is 10.1 Å². The fraction of sp³-hybridized carbons (Fsp3) is 0.952. The summed E-state index contributed by atoms with van der Waals surface area (Å²) in [7, 11) is -2.34. The number of nitrogens with one attached hydrogen (secondary N) is 4. The number of hydrogen-bond donors (Lipinski definition) is 7. The predicted octanol–water partition coefficient (Wildman–Crippen LogP) is 33.8. The van der Waals surface area contributed by atoms with E-state index in [1.807, 2.05) is 31.6 Å². The number of carbonyl (C=O) groups is 4. The van der Waals surface area contributed by atoms with Gasteiger partial charge in [-0.1, -0.05) is 427 Å². The maximum Gasteiger partial charge on any atom is 0.268 e. The van der Waals surface area contributed by atoms with E-state index in [9.17, 15) is 32.1 Å². The third-order valence-corrected chi connectivity index (χ3v) is 28.1. The van der Waals surface area contributed by atoms with Crippen LogP contribution in [-0.4, -0.2) is 129 Å². The fourth-order valence-electron chi connectivity index (χ4n) is 17.6. The highest BCUT2D eigenvalue weighted by Gasteiger charge is 2.37. The van der Waals surface area contributed by atoms with Gasteiger partial charge in [-0.3, -0.25) is 28.4 Å². The lowest BCUT2D eigenvalue weighted by atomic mass is 9.67. The first-order chi connectivity index (χ1) is 64.7. The summed E-state index contributed by atoms with van der Waals surface area (Å²) in [6, 6.07) is 0.397. The van der Waals surface area contributed by atoms with E-state index >= 15 is 0 Å². The van der Waals surface area contributed by atoms with E-state index in [2.05, 4.69) is 343 Å². The third kappa shape index (κ3) is 107. The lowest BCUT2D eigenvalue weighted by Crippen LogP contribution is -2.43. The molecule has 144 heavy (non-hydrogen) atoms. The maximum absolute atomic E-state index is 12.4. The van der Waals surface area contributed by atoms with Crippen molar-refractivity contribution in [1.82, 2.24) is 36.3 Å². The van der Waals surface area contributed by atoms with Gasteiger partial charge in [-0.2, -0.15) is 8.42 Å². The van der Waals surface area contributed by atoms with E-state index in [1.54, 1.807) is 7.11 Å². The van der Waals surface area contributed by atoms with E-state index in [4.69, 9.17) is 25.7 Å². The molecule has 9 N–H and O–H groups in total. The molecule has 2 rings (SSSR count). The second-order valence-corrected chi connectivity index (χ2v) is 63.3. The van der Waals surface area contributed by atoms with E-state index < -0.39 is 20.8 Å². The average molecular weight is 2070 g/mol. The minimum Gasteiger partial charge on any atom is -0.382 e. The van der Waals surface area contributed by atoms with E-state index in [0.29, 0.717) is 117 Å². The Kier molecular flexibility index (Phi) is 76.9. The molecular weight excluding hydrogens is 1810 g/mol. The van der Waals surface area contributed by atoms with E-state index in [0.717, 1.165) is 160 Å². The summed E-state index contributed by atoms with van der Waals surface area (Å²) in [5.74, 6) is 2.94. The zero-order valence-corrected chi connectivity index (χ0v) is 107. The van der Waals surface area contributed by atoms with Crippen molar-refractivity contribution in [1.29, 1.82) is 0 Å². The first kappa shape index (κ1) is 151. The summed E-state index contributed by atoms with van der Waals surface area (Å²) in [4.78, 5) is 48.1. The molecule has 0 radical (unpaired) electrons. The predicted molar refractivity (Wildman–Crippen MR) is 628 cm³/mol. The van der Waals surface area contributed by atoms with E-state index in [-0.39, 0.29) is 64.0 Å². The minimum absolute atomic E-state index is 0.0142. The molecule has 3 atom stereocenters. The number of aromatic nitrogens is 3. The van der Waals surface area contributed by atoms with Gasteiger partial charge in [-0.25, -0.2) is 0 Å². The van der Waals surface area contributed by atoms with Crippen molar-refractivity contribution >= 4 is 33.7 Å². The zero-order chi connectivity index (χ0) is 114. The van der Waals surface area contributed by atoms with Gasteiger partial charge in [0.05, 0.1) is 31.2 Å². The molecule has 0 bridgehead atoms. The highest BCUT2D eigenvalue weighted by Crippen LogP contribution is 2.44. The number of ether oxygens (including phenoxy) is 3. The molecule has 1 aromatic rings. The quantitative estimate of drug-likeness (QED) is 0.0236. The van der Waals surface area contributed by atoms with Gasteiger partial charge in [-0.15, -0.1) is 5.10 Å². The molecule has 0 aliphatic heterocycles. The SMILES string of the molecule is CC(C)(C)C(CN)C(C)(C)C.CC(C)(C)CC1CCC(C(C)(C)C)CC1.CC(C)(C)CCCCC(C(C)(C)C)S(=O)(=O)O.CC(C)(C)CCCCCC(=O)NCc1cn(CC(C)(C)C)nn1.CC(C)(C)CCCCCC(=O)N[C@@H](CCCCN)C(C)(C)C.CC(C)(C)CCCCCC(C)(C)C.CC(C)(C)CCOCCC(C)(C)C.COCCOCC(=O)NCCCC[C@H](NC(=O)CCCCCC(C)(C)C)C(C)(C)C. The Morgan fingerprint density at radius 3 is 1.03 bits per heavy atom. The molecule has 864 valence electrons. The standard InChI is InChI=1S/C24H48N2O4.C19H40N2O.C18H34N4O.C15H30.C13H28O3S.C13H28.C12H26O.C10H23N/c1-23(2,3)15-11-8-9-14-21(27)26-20(24(4,5)6)13-10-12-16-25-22(28)19-30-18-17-29-7;1-18(2,3)14-10-7-8-13-17(22)21-16(19(4,5)6)12-9-11-15-20;1-17(2,3)11-9-7-8-10-16(23)19-12-15-13-22(21-20-15)14-18(4,5)6;1-14(2,3)11-12-7-9-13(10-8-12)15(4,5)6;1-12(2,3)10-8-7-9-11(13(4,5)6)17(14,15)16;1-12(2,3)10-8-7-9-11-13(4,5)6;1-11(2,3)7-9-13-10-8-12(4,5)6;1-9(2,3)8(7-11)10(4,5)6/h20H,8-19H2,1-7H3,(H,25,28)(H,26,27);16H,7-15,20H2,1-6H3,(H,21,22);13H,7-12,14H2,1-6H3,(H,19,23);12-13H,7-11H2,1-6H3;11H,7-10H2,1-6H3,(H,14,15,16);7-11H2,1-6H3;7-10H2,1-6H3;8H,7,11H2,1-6H3/t20-;16-;;;;;;/m00....../s1. The van der Waals surface area contributed by atoms with Crippen molar-refractivity contribution in [2.45, 2.75) is 600 Å². The minimum atomic E-state index is -3.94. The lowest BCUT2D eigenvalue weighted by molar-refractivity contribution is -0.126. The summed E-state index contributed by atoms with van der Waals surface area (Å²) in [5.41, 5.74) is 17.0. The van der Waals surface area contributed by atoms with Crippen LogP contribution in [0.2, 0.25) is 0 Å². The van der Waals surface area contributed by atoms with Crippen LogP contribution in [0.3, 0.4) is 0 Å². The first-order valence-electron chi connectivity index (χ1n) is 57.7. The molecule has 1 aliphatic rings. The van der Waals surface area contributed by atoms with Crippen LogP contribution in [0.4, 0.5) is 0 Å². The van der Waals surface area contributed by atoms with Crippen molar-refractivity contribution in [2.24, 2.45) is 116 Å². The smallest absolute Gasteiger partial charge is 0.268 e. The third-order valence-electron chi connectivity index (χ3n) is 26.4. The van der Waals surface area contributed by atoms with Gasteiger partial charge in [0, 0.05) is 64.8 Å². The normalized spacial score (nSPS) is 15.3. The monoisotopic (exact) mass is 2060 g/mol. The molecule has 1 aliphatic carbocycles. The molecular formula is C124H257N9O10S. The Morgan fingerprint density at radius 2 is 0.729 bits per heavy atom. The maximum atomic E-state index is 12.4. The Hall–Kier alpha value is -3.27. The second-order valence-electron chi connectivity index (χ2n) is 61.7. The van der Waals surface area contributed by atoms with Crippen molar-refractivity contribution < 1.29 is 46.4 Å². The Labute approximate surface area is 898 Å². The molecule has 20 heteroatoms. The molecule has 1 heterocycles. The molecule has 0 saturated heterocycles. The molecule has 1 fully saturated rings. The van der Waals surface area contributed by atoms with Gasteiger partial charge in [0.15, 0.2) is 0 Å². The van der Waals surface area contributed by atoms with Crippen LogP contribution in [0.1, 0.15) is 576 Å². The zero-order valence-electron chi connectivity index (χ0n) is 106. The Balaban J connectivity index is -0.000000385. The highest BCUT2D eigenvalue weighted by atomic mass is 32.2. The number of nitrogens with two attached hydrogens (primary N) is 2. The van der Waals surface area contributed by atoms with Crippen molar-refractivity contribution in [3.63, 3.8) is 0 Å². The molecule has 0 spiro atoms. The topological polar surface area (TPSA) is 281 Å². The number of nitrogens with zero attached hydrogens (tertiary/aromatic N) is 3. The van der Waals surface area contributed by atoms with Crippen molar-refractivity contribution in [3.8, 4) is 0 Å². The van der Waals surface area contributed by atoms with Crippen LogP contribution in [0.5, 0.6) is 0 Å². The number of amides is 4. The number of rotatable bonds is 49. The first-order valence-corrected chi connectivity index (χ1v) is 59.2. The largest absolute Gasteiger partial charge is 0.382 e. The van der Waals surface area contributed by atoms with E-state index in [1.165, 1.54) is 103 Å². The van der Waals surface area contributed by atoms with Crippen molar-refractivity contribution in [3.05, 3.63) is 11.9 Å². The lowest BCUT2D eigenvalue weighted by Gasteiger charge is -2.39. The summed E-state index contributed by atoms with van der Waals surface area (Å²) in [6.07, 6.45) is 43.2. The van der Waals surface area contributed by atoms with Crippen LogP contribution in [-0.2, 0) is 56.6 Å². The summed E-state index contributed by atoms with van der Waals surface area (Å²) in [6.45, 7) is 114. The van der Waals surface area contributed by atoms with Gasteiger partial charge in [0.1, 0.15) is 12.3 Å². The second kappa shape index (κ2) is 73.2. The summed E-state index contributed by atoms with van der Waals surface area (Å²) < 4.78 is 49.4. The molecule has 0 aromatic carbocycles.